The summed E-state index contributed by atoms with van der Waals surface area (Å²) in [6, 6.07) is 13.9. The molecular formula is C18H17IN2O4. The maximum absolute atomic E-state index is 12.0. The average Bonchev–Trinajstić information content (AvgIpc) is 2.58. The van der Waals surface area contributed by atoms with E-state index in [-0.39, 0.29) is 12.5 Å². The molecule has 0 fully saturated rings. The maximum atomic E-state index is 12.0. The first-order valence-electron chi connectivity index (χ1n) is 7.50. The fourth-order valence-corrected chi connectivity index (χ4v) is 2.51. The van der Waals surface area contributed by atoms with Gasteiger partial charge in [-0.2, -0.15) is 0 Å². The van der Waals surface area contributed by atoms with Gasteiger partial charge < -0.3 is 15.4 Å². The van der Waals surface area contributed by atoms with Gasteiger partial charge in [0, 0.05) is 22.7 Å². The SMILES string of the molecule is CC(=O)NCc1ccc(C(=O)OCC(=O)Nc2cccc(I)c2)cc1. The minimum Gasteiger partial charge on any atom is -0.452 e. The monoisotopic (exact) mass is 452 g/mol. The molecule has 0 aliphatic heterocycles. The molecule has 0 spiro atoms. The first-order valence-corrected chi connectivity index (χ1v) is 8.58. The van der Waals surface area contributed by atoms with Gasteiger partial charge in [0.15, 0.2) is 6.61 Å². The van der Waals surface area contributed by atoms with Crippen molar-refractivity contribution >= 4 is 46.1 Å². The predicted molar refractivity (Wildman–Crippen MR) is 102 cm³/mol. The molecule has 2 rings (SSSR count). The van der Waals surface area contributed by atoms with Gasteiger partial charge in [0.1, 0.15) is 0 Å². The summed E-state index contributed by atoms with van der Waals surface area (Å²) in [5.74, 6) is -1.11. The van der Waals surface area contributed by atoms with Gasteiger partial charge in [-0.25, -0.2) is 4.79 Å². The number of carbonyl (C=O) groups is 3. The topological polar surface area (TPSA) is 84.5 Å². The molecule has 0 aliphatic carbocycles. The third-order valence-corrected chi connectivity index (χ3v) is 3.84. The molecule has 0 unspecified atom stereocenters. The minimum atomic E-state index is -0.580. The molecule has 7 heteroatoms. The second-order valence-corrected chi connectivity index (χ2v) is 6.49. The second kappa shape index (κ2) is 9.16. The first-order chi connectivity index (χ1) is 11.9. The minimum absolute atomic E-state index is 0.123. The Bertz CT molecular complexity index is 775. The molecule has 0 saturated carbocycles. The number of benzene rings is 2. The standard InChI is InChI=1S/C18H17IN2O4/c1-12(22)20-10-13-5-7-14(8-6-13)18(24)25-11-17(23)21-16-4-2-3-15(19)9-16/h2-9H,10-11H2,1H3,(H,20,22)(H,21,23). The van der Waals surface area contributed by atoms with E-state index < -0.39 is 11.9 Å². The molecule has 2 amide bonds. The summed E-state index contributed by atoms with van der Waals surface area (Å²) in [6.45, 7) is 1.47. The number of rotatable bonds is 6. The van der Waals surface area contributed by atoms with Crippen molar-refractivity contribution in [2.24, 2.45) is 0 Å². The van der Waals surface area contributed by atoms with Crippen LogP contribution >= 0.6 is 22.6 Å². The summed E-state index contributed by atoms with van der Waals surface area (Å²) < 4.78 is 6.00. The van der Waals surface area contributed by atoms with Crippen LogP contribution in [0.25, 0.3) is 0 Å². The van der Waals surface area contributed by atoms with Gasteiger partial charge in [-0.1, -0.05) is 18.2 Å². The summed E-state index contributed by atoms with van der Waals surface area (Å²) in [5, 5.41) is 5.33. The summed E-state index contributed by atoms with van der Waals surface area (Å²) in [5.41, 5.74) is 1.85. The van der Waals surface area contributed by atoms with Crippen molar-refractivity contribution in [2.45, 2.75) is 13.5 Å². The van der Waals surface area contributed by atoms with Crippen molar-refractivity contribution in [3.63, 3.8) is 0 Å². The van der Waals surface area contributed by atoms with E-state index in [0.717, 1.165) is 9.13 Å². The molecule has 2 aromatic carbocycles. The van der Waals surface area contributed by atoms with Crippen molar-refractivity contribution in [1.29, 1.82) is 0 Å². The molecule has 130 valence electrons. The lowest BCUT2D eigenvalue weighted by molar-refractivity contribution is -0.119. The van der Waals surface area contributed by atoms with Crippen LogP contribution in [-0.2, 0) is 20.9 Å². The van der Waals surface area contributed by atoms with E-state index in [4.69, 9.17) is 4.74 Å². The molecule has 0 aliphatic rings. The lowest BCUT2D eigenvalue weighted by Gasteiger charge is -2.08. The third-order valence-electron chi connectivity index (χ3n) is 3.17. The van der Waals surface area contributed by atoms with Crippen molar-refractivity contribution in [1.82, 2.24) is 5.32 Å². The van der Waals surface area contributed by atoms with Crippen LogP contribution < -0.4 is 10.6 Å². The van der Waals surface area contributed by atoms with E-state index in [0.29, 0.717) is 17.8 Å². The lowest BCUT2D eigenvalue weighted by Crippen LogP contribution is -2.21. The van der Waals surface area contributed by atoms with Crippen LogP contribution in [0.1, 0.15) is 22.8 Å². The van der Waals surface area contributed by atoms with E-state index in [1.165, 1.54) is 6.92 Å². The number of halogens is 1. The third kappa shape index (κ3) is 6.54. The van der Waals surface area contributed by atoms with Crippen LogP contribution in [-0.4, -0.2) is 24.4 Å². The molecule has 0 atom stereocenters. The largest absolute Gasteiger partial charge is 0.452 e. The number of esters is 1. The number of carbonyl (C=O) groups excluding carboxylic acids is 3. The van der Waals surface area contributed by atoms with Crippen molar-refractivity contribution in [3.8, 4) is 0 Å². The van der Waals surface area contributed by atoms with Gasteiger partial charge in [0.25, 0.3) is 5.91 Å². The quantitative estimate of drug-likeness (QED) is 0.522. The zero-order valence-electron chi connectivity index (χ0n) is 13.5. The van der Waals surface area contributed by atoms with E-state index in [9.17, 15) is 14.4 Å². The zero-order valence-corrected chi connectivity index (χ0v) is 15.7. The maximum Gasteiger partial charge on any atom is 0.338 e. The molecule has 2 aromatic rings. The number of nitrogens with one attached hydrogen (secondary N) is 2. The van der Waals surface area contributed by atoms with E-state index in [2.05, 4.69) is 33.2 Å². The molecule has 0 bridgehead atoms. The van der Waals surface area contributed by atoms with Crippen molar-refractivity contribution in [3.05, 3.63) is 63.2 Å². The Kier molecular flexibility index (Phi) is 6.93. The fraction of sp³-hybridized carbons (Fsp3) is 0.167. The highest BCUT2D eigenvalue weighted by atomic mass is 127. The number of ether oxygens (including phenoxy) is 1. The Balaban J connectivity index is 1.83. The van der Waals surface area contributed by atoms with Crippen molar-refractivity contribution in [2.75, 3.05) is 11.9 Å². The number of hydrogen-bond donors (Lipinski definition) is 2. The van der Waals surface area contributed by atoms with Gasteiger partial charge >= 0.3 is 5.97 Å². The predicted octanol–water partition coefficient (Wildman–Crippen LogP) is 2.72. The number of hydrogen-bond acceptors (Lipinski definition) is 4. The van der Waals surface area contributed by atoms with Crippen LogP contribution in [0, 0.1) is 3.57 Å². The number of anilines is 1. The molecule has 2 N–H and O–H groups in total. The van der Waals surface area contributed by atoms with Gasteiger partial charge in [0.2, 0.25) is 5.91 Å². The van der Waals surface area contributed by atoms with Gasteiger partial charge in [-0.3, -0.25) is 9.59 Å². The Labute approximate surface area is 159 Å². The summed E-state index contributed by atoms with van der Waals surface area (Å²) in [6.07, 6.45) is 0. The zero-order chi connectivity index (χ0) is 18.2. The molecule has 25 heavy (non-hydrogen) atoms. The molecule has 0 heterocycles. The Morgan fingerprint density at radius 1 is 1.08 bits per heavy atom. The summed E-state index contributed by atoms with van der Waals surface area (Å²) in [7, 11) is 0. The second-order valence-electron chi connectivity index (χ2n) is 5.24. The van der Waals surface area contributed by atoms with E-state index in [1.54, 1.807) is 30.3 Å². The normalized spacial score (nSPS) is 10.0. The number of amides is 2. The van der Waals surface area contributed by atoms with Gasteiger partial charge in [-0.05, 0) is 58.5 Å². The molecular weight excluding hydrogens is 435 g/mol. The molecule has 0 saturated heterocycles. The average molecular weight is 452 g/mol. The Morgan fingerprint density at radius 2 is 1.80 bits per heavy atom. The molecule has 6 nitrogen and oxygen atoms in total. The molecule has 0 aromatic heterocycles. The summed E-state index contributed by atoms with van der Waals surface area (Å²) in [4.78, 5) is 34.7. The van der Waals surface area contributed by atoms with Crippen LogP contribution in [0.2, 0.25) is 0 Å². The van der Waals surface area contributed by atoms with E-state index >= 15 is 0 Å². The molecule has 0 radical (unpaired) electrons. The first kappa shape index (κ1) is 18.9. The highest BCUT2D eigenvalue weighted by molar-refractivity contribution is 14.1. The Morgan fingerprint density at radius 3 is 2.44 bits per heavy atom. The van der Waals surface area contributed by atoms with Gasteiger partial charge in [-0.15, -0.1) is 0 Å². The van der Waals surface area contributed by atoms with Crippen LogP contribution in [0.4, 0.5) is 5.69 Å². The highest BCUT2D eigenvalue weighted by Crippen LogP contribution is 2.12. The smallest absolute Gasteiger partial charge is 0.338 e. The van der Waals surface area contributed by atoms with Gasteiger partial charge in [0.05, 0.1) is 5.56 Å². The Hall–Kier alpha value is -2.42. The highest BCUT2D eigenvalue weighted by Gasteiger charge is 2.10. The van der Waals surface area contributed by atoms with Crippen LogP contribution in [0.5, 0.6) is 0 Å². The van der Waals surface area contributed by atoms with Crippen molar-refractivity contribution < 1.29 is 19.1 Å². The van der Waals surface area contributed by atoms with Crippen LogP contribution in [0.15, 0.2) is 48.5 Å². The summed E-state index contributed by atoms with van der Waals surface area (Å²) >= 11 is 2.14. The fourth-order valence-electron chi connectivity index (χ4n) is 1.96. The van der Waals surface area contributed by atoms with E-state index in [1.807, 2.05) is 18.2 Å². The lowest BCUT2D eigenvalue weighted by atomic mass is 10.1. The van der Waals surface area contributed by atoms with Crippen LogP contribution in [0.3, 0.4) is 0 Å².